The number of anilines is 1. The number of rotatable bonds is 5. The van der Waals surface area contributed by atoms with E-state index in [1.165, 1.54) is 18.4 Å². The van der Waals surface area contributed by atoms with Gasteiger partial charge in [-0.3, -0.25) is 4.79 Å². The quantitative estimate of drug-likeness (QED) is 0.663. The van der Waals surface area contributed by atoms with Gasteiger partial charge < -0.3 is 10.1 Å². The van der Waals surface area contributed by atoms with Crippen LogP contribution >= 0.6 is 11.3 Å². The van der Waals surface area contributed by atoms with Crippen molar-refractivity contribution in [3.8, 4) is 0 Å². The molecule has 142 valence electrons. The zero-order valence-corrected chi connectivity index (χ0v) is 16.8. The van der Waals surface area contributed by atoms with E-state index in [4.69, 9.17) is 9.72 Å². The molecule has 0 saturated heterocycles. The Kier molecular flexibility index (Phi) is 5.27. The van der Waals surface area contributed by atoms with Crippen molar-refractivity contribution in [1.29, 1.82) is 0 Å². The first-order chi connectivity index (χ1) is 12.8. The summed E-state index contributed by atoms with van der Waals surface area (Å²) in [5, 5.41) is 8.54. The van der Waals surface area contributed by atoms with E-state index >= 15 is 0 Å². The molecule has 1 amide bonds. The highest BCUT2D eigenvalue weighted by Gasteiger charge is 2.20. The van der Waals surface area contributed by atoms with Crippen LogP contribution in [0.25, 0.3) is 11.0 Å². The molecule has 0 aromatic carbocycles. The van der Waals surface area contributed by atoms with Gasteiger partial charge in [0.05, 0.1) is 29.3 Å². The highest BCUT2D eigenvalue weighted by atomic mass is 32.1. The summed E-state index contributed by atoms with van der Waals surface area (Å²) in [6.45, 7) is 8.12. The fourth-order valence-electron chi connectivity index (χ4n) is 2.69. The van der Waals surface area contributed by atoms with Crippen LogP contribution < -0.4 is 5.32 Å². The molecule has 0 radical (unpaired) electrons. The fraction of sp³-hybridized carbons (Fsp3) is 0.368. The fourth-order valence-corrected chi connectivity index (χ4v) is 3.51. The Morgan fingerprint density at radius 1 is 1.22 bits per heavy atom. The number of nitrogens with one attached hydrogen (secondary N) is 1. The Balaban J connectivity index is 2.00. The van der Waals surface area contributed by atoms with Crippen LogP contribution in [0.15, 0.2) is 24.4 Å². The Bertz CT molecular complexity index is 1000. The monoisotopic (exact) mass is 386 g/mol. The van der Waals surface area contributed by atoms with Gasteiger partial charge in [-0.1, -0.05) is 13.8 Å². The average Bonchev–Trinajstić information content (AvgIpc) is 3.26. The van der Waals surface area contributed by atoms with Gasteiger partial charge >= 0.3 is 5.97 Å². The molecule has 0 unspecified atom stereocenters. The largest absolute Gasteiger partial charge is 0.465 e. The van der Waals surface area contributed by atoms with E-state index in [9.17, 15) is 9.59 Å². The maximum Gasteiger partial charge on any atom is 0.348 e. The summed E-state index contributed by atoms with van der Waals surface area (Å²) >= 11 is 1.17. The lowest BCUT2D eigenvalue weighted by Gasteiger charge is -2.12. The van der Waals surface area contributed by atoms with Crippen LogP contribution in [0.3, 0.4) is 0 Å². The number of fused-ring (bicyclic) bond motifs is 1. The van der Waals surface area contributed by atoms with Crippen molar-refractivity contribution in [3.05, 3.63) is 40.5 Å². The van der Waals surface area contributed by atoms with Gasteiger partial charge in [-0.15, -0.1) is 11.3 Å². The molecule has 27 heavy (non-hydrogen) atoms. The van der Waals surface area contributed by atoms with E-state index in [2.05, 4.69) is 10.4 Å². The lowest BCUT2D eigenvalue weighted by atomic mass is 10.0. The van der Waals surface area contributed by atoms with E-state index in [0.717, 1.165) is 5.69 Å². The summed E-state index contributed by atoms with van der Waals surface area (Å²) in [6.07, 6.45) is 1.68. The molecule has 3 heterocycles. The van der Waals surface area contributed by atoms with Crippen LogP contribution in [-0.4, -0.2) is 33.8 Å². The van der Waals surface area contributed by atoms with Gasteiger partial charge in [0.2, 0.25) is 0 Å². The summed E-state index contributed by atoms with van der Waals surface area (Å²) in [5.41, 5.74) is 2.04. The number of nitrogens with zero attached hydrogens (tertiary/aromatic N) is 3. The number of hydrogen-bond acceptors (Lipinski definition) is 6. The van der Waals surface area contributed by atoms with E-state index < -0.39 is 5.97 Å². The van der Waals surface area contributed by atoms with E-state index in [-0.39, 0.29) is 17.9 Å². The smallest absolute Gasteiger partial charge is 0.348 e. The van der Waals surface area contributed by atoms with Crippen LogP contribution in [0.5, 0.6) is 0 Å². The van der Waals surface area contributed by atoms with Crippen molar-refractivity contribution in [2.75, 3.05) is 12.4 Å². The van der Waals surface area contributed by atoms with Crippen LogP contribution in [0.2, 0.25) is 0 Å². The van der Waals surface area contributed by atoms with Gasteiger partial charge in [-0.25, -0.2) is 14.5 Å². The number of pyridine rings is 1. The standard InChI is InChI=1S/C19H22N4O3S/c1-10(2)14-8-12(13-9-20-23(11(3)4)17(13)21-14)18(24)22-16-7-6-15(27-16)19(25)26-5/h6-11H,1-5H3,(H,22,24). The number of carbonyl (C=O) groups excluding carboxylic acids is 2. The molecule has 0 aliphatic rings. The molecule has 0 bridgehead atoms. The van der Waals surface area contributed by atoms with Crippen molar-refractivity contribution in [3.63, 3.8) is 0 Å². The Morgan fingerprint density at radius 2 is 1.96 bits per heavy atom. The number of thiophene rings is 1. The SMILES string of the molecule is COC(=O)c1ccc(NC(=O)c2cc(C(C)C)nc3c2cnn3C(C)C)s1. The highest BCUT2D eigenvalue weighted by Crippen LogP contribution is 2.27. The zero-order chi connectivity index (χ0) is 19.7. The molecule has 7 nitrogen and oxygen atoms in total. The summed E-state index contributed by atoms with van der Waals surface area (Å²) in [7, 11) is 1.33. The second kappa shape index (κ2) is 7.48. The normalized spacial score (nSPS) is 11.4. The molecule has 3 aromatic heterocycles. The molecule has 0 aliphatic carbocycles. The number of methoxy groups -OCH3 is 1. The third-order valence-corrected chi connectivity index (χ3v) is 5.12. The van der Waals surface area contributed by atoms with Gasteiger partial charge in [0.15, 0.2) is 5.65 Å². The van der Waals surface area contributed by atoms with E-state index in [0.29, 0.717) is 26.5 Å². The molecule has 3 aromatic rings. The first kappa shape index (κ1) is 19.0. The van der Waals surface area contributed by atoms with Gasteiger partial charge in [0.25, 0.3) is 5.91 Å². The number of carbonyl (C=O) groups is 2. The molecule has 0 aliphatic heterocycles. The van der Waals surface area contributed by atoms with Crippen molar-refractivity contribution < 1.29 is 14.3 Å². The second-order valence-corrected chi connectivity index (χ2v) is 7.86. The summed E-state index contributed by atoms with van der Waals surface area (Å²) in [4.78, 5) is 29.7. The van der Waals surface area contributed by atoms with Crippen molar-refractivity contribution in [1.82, 2.24) is 14.8 Å². The minimum Gasteiger partial charge on any atom is -0.465 e. The third kappa shape index (κ3) is 3.71. The predicted molar refractivity (Wildman–Crippen MR) is 106 cm³/mol. The van der Waals surface area contributed by atoms with Gasteiger partial charge in [0.1, 0.15) is 4.88 Å². The Hall–Kier alpha value is -2.74. The van der Waals surface area contributed by atoms with Crippen molar-refractivity contribution >= 4 is 39.2 Å². The van der Waals surface area contributed by atoms with Gasteiger partial charge in [-0.2, -0.15) is 5.10 Å². The molecule has 0 spiro atoms. The first-order valence-electron chi connectivity index (χ1n) is 8.69. The first-order valence-corrected chi connectivity index (χ1v) is 9.51. The molecule has 1 N–H and O–H groups in total. The van der Waals surface area contributed by atoms with Crippen LogP contribution in [-0.2, 0) is 4.74 Å². The second-order valence-electron chi connectivity index (χ2n) is 6.78. The average molecular weight is 386 g/mol. The minimum atomic E-state index is -0.424. The zero-order valence-electron chi connectivity index (χ0n) is 15.9. The number of aromatic nitrogens is 3. The molecular weight excluding hydrogens is 364 g/mol. The Labute approximate surface area is 161 Å². The van der Waals surface area contributed by atoms with Crippen molar-refractivity contribution in [2.45, 2.75) is 39.7 Å². The molecule has 8 heteroatoms. The molecule has 0 atom stereocenters. The van der Waals surface area contributed by atoms with Gasteiger partial charge in [0, 0.05) is 11.7 Å². The lowest BCUT2D eigenvalue weighted by molar-refractivity contribution is 0.0606. The number of esters is 1. The lowest BCUT2D eigenvalue weighted by Crippen LogP contribution is -2.13. The maximum absolute atomic E-state index is 12.9. The Morgan fingerprint density at radius 3 is 2.59 bits per heavy atom. The van der Waals surface area contributed by atoms with E-state index in [1.54, 1.807) is 18.3 Å². The van der Waals surface area contributed by atoms with Crippen molar-refractivity contribution in [2.24, 2.45) is 0 Å². The number of hydrogen-bond donors (Lipinski definition) is 1. The summed E-state index contributed by atoms with van der Waals surface area (Å²) in [5.74, 6) is -0.512. The molecule has 0 saturated carbocycles. The molecular formula is C19H22N4O3S. The van der Waals surface area contributed by atoms with Crippen LogP contribution in [0.4, 0.5) is 5.00 Å². The topological polar surface area (TPSA) is 86.1 Å². The maximum atomic E-state index is 12.9. The van der Waals surface area contributed by atoms with Gasteiger partial charge in [-0.05, 0) is 38.0 Å². The predicted octanol–water partition coefficient (Wildman–Crippen LogP) is 4.24. The van der Waals surface area contributed by atoms with Crippen LogP contribution in [0, 0.1) is 0 Å². The third-order valence-electron chi connectivity index (χ3n) is 4.14. The van der Waals surface area contributed by atoms with E-state index in [1.807, 2.05) is 38.4 Å². The minimum absolute atomic E-state index is 0.133. The molecule has 0 fully saturated rings. The summed E-state index contributed by atoms with van der Waals surface area (Å²) in [6, 6.07) is 5.26. The van der Waals surface area contributed by atoms with Crippen LogP contribution in [0.1, 0.15) is 65.4 Å². The molecule has 3 rings (SSSR count). The summed E-state index contributed by atoms with van der Waals surface area (Å²) < 4.78 is 6.52. The number of ether oxygens (including phenoxy) is 1. The highest BCUT2D eigenvalue weighted by molar-refractivity contribution is 7.18. The number of amides is 1.